The van der Waals surface area contributed by atoms with E-state index in [9.17, 15) is 0 Å². The van der Waals surface area contributed by atoms with Crippen LogP contribution >= 0.6 is 0 Å². The molecule has 1 aromatic heterocycles. The summed E-state index contributed by atoms with van der Waals surface area (Å²) in [5.41, 5.74) is 2.55. The Morgan fingerprint density at radius 3 is 0.968 bits per heavy atom. The molecule has 0 aliphatic carbocycles. The molecule has 3 N–H and O–H groups in total. The van der Waals surface area contributed by atoms with E-state index < -0.39 is 0 Å². The maximum atomic E-state index is 6.15. The van der Waals surface area contributed by atoms with Crippen LogP contribution in [0.4, 0.5) is 34.9 Å². The maximum Gasteiger partial charge on any atom is 0.233 e. The number of nitrogens with zero attached hydrogens (tertiary/aromatic N) is 3. The van der Waals surface area contributed by atoms with Crippen LogP contribution in [0.15, 0.2) is 72.8 Å². The van der Waals surface area contributed by atoms with Crippen molar-refractivity contribution in [3.63, 3.8) is 0 Å². The number of anilines is 6. The first-order valence-corrected chi connectivity index (χ1v) is 25.4. The Labute approximate surface area is 382 Å². The molecular weight excluding hydrogens is 781 g/mol. The second-order valence-electron chi connectivity index (χ2n) is 17.3. The molecule has 0 fully saturated rings. The molecule has 0 unspecified atom stereocenters. The smallest absolute Gasteiger partial charge is 0.233 e. The van der Waals surface area contributed by atoms with Crippen molar-refractivity contribution in [2.75, 3.05) is 35.8 Å². The van der Waals surface area contributed by atoms with Crippen molar-refractivity contribution in [1.82, 2.24) is 15.0 Å². The van der Waals surface area contributed by atoms with Gasteiger partial charge in [-0.1, -0.05) is 181 Å². The molecule has 0 radical (unpaired) electrons. The summed E-state index contributed by atoms with van der Waals surface area (Å²) in [6.45, 7) is 8.99. The number of hydrogen-bond donors (Lipinski definition) is 3. The average Bonchev–Trinajstić information content (AvgIpc) is 3.29. The molecule has 0 spiro atoms. The molecule has 348 valence electrons. The minimum absolute atomic E-state index is 0.410. The second-order valence-corrected chi connectivity index (χ2v) is 17.3. The monoisotopic (exact) mass is 865 g/mol. The molecule has 9 nitrogen and oxygen atoms in total. The molecule has 0 aliphatic rings. The zero-order valence-electron chi connectivity index (χ0n) is 39.7. The maximum absolute atomic E-state index is 6.15. The van der Waals surface area contributed by atoms with Crippen molar-refractivity contribution >= 4 is 34.9 Å². The van der Waals surface area contributed by atoms with Crippen molar-refractivity contribution in [3.8, 4) is 17.2 Å². The molecular formula is C54H84N6O3. The molecule has 3 aromatic carbocycles. The highest BCUT2D eigenvalue weighted by molar-refractivity contribution is 5.63. The van der Waals surface area contributed by atoms with Gasteiger partial charge in [0.1, 0.15) is 17.2 Å². The van der Waals surface area contributed by atoms with E-state index in [-0.39, 0.29) is 0 Å². The van der Waals surface area contributed by atoms with Crippen LogP contribution in [-0.4, -0.2) is 34.8 Å². The van der Waals surface area contributed by atoms with E-state index in [1.165, 1.54) is 154 Å². The highest BCUT2D eigenvalue weighted by Crippen LogP contribution is 2.26. The number of aromatic nitrogens is 3. The SMILES string of the molecule is CCCCCCCCCCCOc1ccc(Nc2nc(Nc3ccc(OCCCCCCCCCCC)cc3)nc(Nc3cccc(OCCCCCCCCCCC)c3)n2)cc1. The van der Waals surface area contributed by atoms with Crippen LogP contribution in [0, 0.1) is 0 Å². The molecule has 1 heterocycles. The predicted octanol–water partition coefficient (Wildman–Crippen LogP) is 16.8. The van der Waals surface area contributed by atoms with E-state index in [2.05, 4.69) is 36.7 Å². The quantitative estimate of drug-likeness (QED) is 0.0378. The zero-order valence-corrected chi connectivity index (χ0v) is 39.7. The molecule has 0 amide bonds. The lowest BCUT2D eigenvalue weighted by Gasteiger charge is -2.13. The van der Waals surface area contributed by atoms with Crippen LogP contribution in [0.2, 0.25) is 0 Å². The topological polar surface area (TPSA) is 102 Å². The molecule has 4 rings (SSSR count). The van der Waals surface area contributed by atoms with E-state index in [1.54, 1.807) is 0 Å². The van der Waals surface area contributed by atoms with Gasteiger partial charge in [0, 0.05) is 23.1 Å². The van der Waals surface area contributed by atoms with Crippen LogP contribution in [0.25, 0.3) is 0 Å². The van der Waals surface area contributed by atoms with Gasteiger partial charge in [0.15, 0.2) is 0 Å². The summed E-state index contributed by atoms with van der Waals surface area (Å²) in [7, 11) is 0. The van der Waals surface area contributed by atoms with Gasteiger partial charge < -0.3 is 30.2 Å². The number of rotatable bonds is 39. The Morgan fingerprint density at radius 2 is 0.619 bits per heavy atom. The summed E-state index contributed by atoms with van der Waals surface area (Å²) < 4.78 is 18.3. The van der Waals surface area contributed by atoms with E-state index in [4.69, 9.17) is 29.2 Å². The van der Waals surface area contributed by atoms with Crippen molar-refractivity contribution in [1.29, 1.82) is 0 Å². The van der Waals surface area contributed by atoms with Crippen LogP contribution in [0.5, 0.6) is 17.2 Å². The van der Waals surface area contributed by atoms with E-state index in [0.717, 1.165) is 66.8 Å². The molecule has 0 saturated heterocycles. The first kappa shape index (κ1) is 51.1. The van der Waals surface area contributed by atoms with Gasteiger partial charge in [-0.25, -0.2) is 0 Å². The molecule has 0 bridgehead atoms. The average molecular weight is 865 g/mol. The highest BCUT2D eigenvalue weighted by atomic mass is 16.5. The lowest BCUT2D eigenvalue weighted by molar-refractivity contribution is 0.304. The summed E-state index contributed by atoms with van der Waals surface area (Å²) in [5, 5.41) is 10.2. The molecule has 0 aliphatic heterocycles. The van der Waals surface area contributed by atoms with Gasteiger partial charge >= 0.3 is 0 Å². The van der Waals surface area contributed by atoms with Gasteiger partial charge in [0.25, 0.3) is 0 Å². The van der Waals surface area contributed by atoms with Crippen molar-refractivity contribution in [3.05, 3.63) is 72.8 Å². The van der Waals surface area contributed by atoms with E-state index >= 15 is 0 Å². The molecule has 9 heteroatoms. The Morgan fingerprint density at radius 1 is 0.317 bits per heavy atom. The first-order valence-electron chi connectivity index (χ1n) is 25.4. The lowest BCUT2D eigenvalue weighted by atomic mass is 10.1. The summed E-state index contributed by atoms with van der Waals surface area (Å²) in [6, 6.07) is 24.0. The third-order valence-electron chi connectivity index (χ3n) is 11.5. The largest absolute Gasteiger partial charge is 0.494 e. The molecule has 4 aromatic rings. The Balaban J connectivity index is 1.30. The second kappa shape index (κ2) is 34.0. The highest BCUT2D eigenvalue weighted by Gasteiger charge is 2.10. The van der Waals surface area contributed by atoms with Gasteiger partial charge in [0.2, 0.25) is 17.8 Å². The number of hydrogen-bond acceptors (Lipinski definition) is 9. The van der Waals surface area contributed by atoms with E-state index in [0.29, 0.717) is 24.5 Å². The molecule has 0 atom stereocenters. The van der Waals surface area contributed by atoms with E-state index in [1.807, 2.05) is 72.8 Å². The van der Waals surface area contributed by atoms with Crippen LogP contribution < -0.4 is 30.2 Å². The fraction of sp³-hybridized carbons (Fsp3) is 0.611. The number of benzene rings is 3. The van der Waals surface area contributed by atoms with Crippen LogP contribution in [0.1, 0.15) is 194 Å². The van der Waals surface area contributed by atoms with Gasteiger partial charge in [-0.15, -0.1) is 0 Å². The minimum atomic E-state index is 0.410. The summed E-state index contributed by atoms with van der Waals surface area (Å²) >= 11 is 0. The third kappa shape index (κ3) is 24.2. The summed E-state index contributed by atoms with van der Waals surface area (Å²) in [6.07, 6.45) is 35.0. The first-order chi connectivity index (χ1) is 31.1. The van der Waals surface area contributed by atoms with Crippen LogP contribution in [0.3, 0.4) is 0 Å². The Kier molecular flexibility index (Phi) is 27.5. The third-order valence-corrected chi connectivity index (χ3v) is 11.5. The predicted molar refractivity (Wildman–Crippen MR) is 267 cm³/mol. The number of nitrogens with one attached hydrogen (secondary N) is 3. The molecule has 63 heavy (non-hydrogen) atoms. The normalized spacial score (nSPS) is 11.1. The fourth-order valence-corrected chi connectivity index (χ4v) is 7.67. The zero-order chi connectivity index (χ0) is 44.3. The fourth-order valence-electron chi connectivity index (χ4n) is 7.67. The Bertz CT molecular complexity index is 1620. The standard InChI is InChI=1S/C54H84N6O3/c1-4-7-10-13-16-19-22-25-28-42-61-49-38-34-46(35-39-49)55-52-58-53(56-47-36-40-50(41-37-47)62-43-29-26-23-20-17-14-11-8-5-2)60-54(59-52)57-48-32-31-33-51(45-48)63-44-30-27-24-21-18-15-12-9-6-3/h31-41,45H,4-30,42-44H2,1-3H3,(H3,55,56,57,58,59,60). The minimum Gasteiger partial charge on any atom is -0.494 e. The number of ether oxygens (including phenoxy) is 3. The van der Waals surface area contributed by atoms with Crippen molar-refractivity contribution < 1.29 is 14.2 Å². The van der Waals surface area contributed by atoms with Gasteiger partial charge in [-0.2, -0.15) is 15.0 Å². The van der Waals surface area contributed by atoms with Gasteiger partial charge in [-0.3, -0.25) is 0 Å². The van der Waals surface area contributed by atoms with Crippen molar-refractivity contribution in [2.45, 2.75) is 194 Å². The molecule has 0 saturated carbocycles. The Hall–Kier alpha value is -4.53. The van der Waals surface area contributed by atoms with Gasteiger partial charge in [0.05, 0.1) is 19.8 Å². The van der Waals surface area contributed by atoms with Crippen molar-refractivity contribution in [2.24, 2.45) is 0 Å². The number of unbranched alkanes of at least 4 members (excludes halogenated alkanes) is 24. The summed E-state index contributed by atoms with van der Waals surface area (Å²) in [5.74, 6) is 3.79. The van der Waals surface area contributed by atoms with Crippen LogP contribution in [-0.2, 0) is 0 Å². The summed E-state index contributed by atoms with van der Waals surface area (Å²) in [4.78, 5) is 14.3. The van der Waals surface area contributed by atoms with Gasteiger partial charge in [-0.05, 0) is 79.9 Å². The lowest BCUT2D eigenvalue weighted by Crippen LogP contribution is -2.07.